The van der Waals surface area contributed by atoms with Crippen LogP contribution in [-0.4, -0.2) is 17.2 Å². The predicted octanol–water partition coefficient (Wildman–Crippen LogP) is 2.38. The van der Waals surface area contributed by atoms with E-state index in [-0.39, 0.29) is 18.5 Å². The van der Waals surface area contributed by atoms with Gasteiger partial charge in [-0.15, -0.1) is 0 Å². The summed E-state index contributed by atoms with van der Waals surface area (Å²) < 4.78 is 5.16. The molecule has 2 atom stereocenters. The second kappa shape index (κ2) is 6.40. The van der Waals surface area contributed by atoms with Crippen LogP contribution in [0.25, 0.3) is 0 Å². The van der Waals surface area contributed by atoms with Crippen LogP contribution < -0.4 is 0 Å². The topological polar surface area (TPSA) is 46.5 Å². The number of esters is 1. The lowest BCUT2D eigenvalue weighted by molar-refractivity contribution is -0.154. The quantitative estimate of drug-likeness (QED) is 0.798. The number of rotatable bonds is 5. The Labute approximate surface area is 102 Å². The minimum absolute atomic E-state index is 0.0503. The molecular formula is C14H20O3. The smallest absolute Gasteiger partial charge is 0.311 e. The van der Waals surface area contributed by atoms with Crippen LogP contribution in [0.15, 0.2) is 30.3 Å². The van der Waals surface area contributed by atoms with E-state index in [4.69, 9.17) is 4.74 Å². The van der Waals surface area contributed by atoms with Crippen LogP contribution in [0, 0.1) is 11.8 Å². The van der Waals surface area contributed by atoms with Crippen molar-refractivity contribution in [3.8, 4) is 0 Å². The van der Waals surface area contributed by atoms with Gasteiger partial charge in [0, 0.05) is 0 Å². The van der Waals surface area contributed by atoms with Crippen LogP contribution in [0.3, 0.4) is 0 Å². The fourth-order valence-corrected chi connectivity index (χ4v) is 1.58. The van der Waals surface area contributed by atoms with Crippen LogP contribution in [0.1, 0.15) is 26.3 Å². The van der Waals surface area contributed by atoms with Gasteiger partial charge in [-0.1, -0.05) is 44.2 Å². The lowest BCUT2D eigenvalue weighted by Crippen LogP contribution is -2.31. The van der Waals surface area contributed by atoms with E-state index < -0.39 is 12.0 Å². The van der Waals surface area contributed by atoms with Gasteiger partial charge in [0.25, 0.3) is 0 Å². The summed E-state index contributed by atoms with van der Waals surface area (Å²) in [6.07, 6.45) is -0.654. The molecule has 17 heavy (non-hydrogen) atoms. The molecule has 1 N–H and O–H groups in total. The molecule has 0 amide bonds. The van der Waals surface area contributed by atoms with Gasteiger partial charge in [0.1, 0.15) is 6.61 Å². The minimum Gasteiger partial charge on any atom is -0.461 e. The summed E-state index contributed by atoms with van der Waals surface area (Å²) >= 11 is 0. The molecule has 0 heterocycles. The SMILES string of the molecule is CC(C)[C@H](O)[C@H](C)C(=O)OCc1ccccc1. The lowest BCUT2D eigenvalue weighted by Gasteiger charge is -2.20. The first kappa shape index (κ1) is 13.7. The first-order chi connectivity index (χ1) is 8.02. The summed E-state index contributed by atoms with van der Waals surface area (Å²) in [4.78, 5) is 11.7. The van der Waals surface area contributed by atoms with Crippen molar-refractivity contribution in [3.05, 3.63) is 35.9 Å². The molecule has 3 nitrogen and oxygen atoms in total. The molecule has 0 radical (unpaired) electrons. The van der Waals surface area contributed by atoms with E-state index in [1.165, 1.54) is 0 Å². The number of benzene rings is 1. The third-order valence-corrected chi connectivity index (χ3v) is 2.79. The van der Waals surface area contributed by atoms with Gasteiger partial charge in [0.05, 0.1) is 12.0 Å². The van der Waals surface area contributed by atoms with E-state index in [0.717, 1.165) is 5.56 Å². The van der Waals surface area contributed by atoms with E-state index in [9.17, 15) is 9.90 Å². The highest BCUT2D eigenvalue weighted by atomic mass is 16.5. The second-order valence-electron chi connectivity index (χ2n) is 4.62. The van der Waals surface area contributed by atoms with Crippen molar-refractivity contribution >= 4 is 5.97 Å². The molecule has 0 bridgehead atoms. The average Bonchev–Trinajstić information content (AvgIpc) is 2.35. The number of aliphatic hydroxyl groups excluding tert-OH is 1. The predicted molar refractivity (Wildman–Crippen MR) is 66.2 cm³/mol. The second-order valence-corrected chi connectivity index (χ2v) is 4.62. The van der Waals surface area contributed by atoms with Gasteiger partial charge in [-0.05, 0) is 18.4 Å². The highest BCUT2D eigenvalue weighted by molar-refractivity contribution is 5.72. The van der Waals surface area contributed by atoms with E-state index in [1.807, 2.05) is 44.2 Å². The first-order valence-corrected chi connectivity index (χ1v) is 5.91. The van der Waals surface area contributed by atoms with Crippen LogP contribution in [0.4, 0.5) is 0 Å². The van der Waals surface area contributed by atoms with Crippen molar-refractivity contribution in [3.63, 3.8) is 0 Å². The molecule has 0 unspecified atom stereocenters. The summed E-state index contributed by atoms with van der Waals surface area (Å²) in [5, 5.41) is 9.76. The Bertz CT molecular complexity index is 346. The summed E-state index contributed by atoms with van der Waals surface area (Å²) in [5.74, 6) is -0.789. The fraction of sp³-hybridized carbons (Fsp3) is 0.500. The molecule has 0 aliphatic carbocycles. The average molecular weight is 236 g/mol. The maximum absolute atomic E-state index is 11.7. The molecular weight excluding hydrogens is 216 g/mol. The zero-order chi connectivity index (χ0) is 12.8. The Morgan fingerprint density at radius 2 is 1.82 bits per heavy atom. The van der Waals surface area contributed by atoms with Gasteiger partial charge in [-0.25, -0.2) is 0 Å². The van der Waals surface area contributed by atoms with Crippen LogP contribution in [0.5, 0.6) is 0 Å². The number of ether oxygens (including phenoxy) is 1. The van der Waals surface area contributed by atoms with Crippen molar-refractivity contribution in [1.82, 2.24) is 0 Å². The maximum Gasteiger partial charge on any atom is 0.311 e. The number of aliphatic hydroxyl groups is 1. The third-order valence-electron chi connectivity index (χ3n) is 2.79. The van der Waals surface area contributed by atoms with Crippen molar-refractivity contribution < 1.29 is 14.6 Å². The molecule has 1 rings (SSSR count). The van der Waals surface area contributed by atoms with Gasteiger partial charge < -0.3 is 9.84 Å². The minimum atomic E-state index is -0.654. The Kier molecular flexibility index (Phi) is 5.16. The van der Waals surface area contributed by atoms with Gasteiger partial charge >= 0.3 is 5.97 Å². The first-order valence-electron chi connectivity index (χ1n) is 5.91. The summed E-state index contributed by atoms with van der Waals surface area (Å²) in [6.45, 7) is 5.71. The molecule has 3 heteroatoms. The highest BCUT2D eigenvalue weighted by Gasteiger charge is 2.25. The van der Waals surface area contributed by atoms with Gasteiger partial charge in [0.2, 0.25) is 0 Å². The van der Waals surface area contributed by atoms with E-state index >= 15 is 0 Å². The summed E-state index contributed by atoms with van der Waals surface area (Å²) in [5.41, 5.74) is 0.951. The van der Waals surface area contributed by atoms with Crippen molar-refractivity contribution in [1.29, 1.82) is 0 Å². The molecule has 0 aliphatic rings. The number of hydrogen-bond acceptors (Lipinski definition) is 3. The fourth-order valence-electron chi connectivity index (χ4n) is 1.58. The molecule has 0 aliphatic heterocycles. The summed E-state index contributed by atoms with van der Waals surface area (Å²) in [7, 11) is 0. The highest BCUT2D eigenvalue weighted by Crippen LogP contribution is 2.14. The standard InChI is InChI=1S/C14H20O3/c1-10(2)13(15)11(3)14(16)17-9-12-7-5-4-6-8-12/h4-8,10-11,13,15H,9H2,1-3H3/t11-,13-/m0/s1. The van der Waals surface area contributed by atoms with E-state index in [0.29, 0.717) is 0 Å². The molecule has 0 saturated heterocycles. The number of carbonyl (C=O) groups is 1. The Morgan fingerprint density at radius 3 is 2.35 bits per heavy atom. The van der Waals surface area contributed by atoms with Gasteiger partial charge in [0.15, 0.2) is 0 Å². The van der Waals surface area contributed by atoms with Gasteiger partial charge in [-0.3, -0.25) is 4.79 Å². The Balaban J connectivity index is 2.45. The number of hydrogen-bond donors (Lipinski definition) is 1. The normalized spacial score (nSPS) is 14.4. The molecule has 0 saturated carbocycles. The van der Waals surface area contributed by atoms with Crippen molar-refractivity contribution in [2.75, 3.05) is 0 Å². The molecule has 1 aromatic carbocycles. The van der Waals surface area contributed by atoms with Crippen molar-refractivity contribution in [2.45, 2.75) is 33.5 Å². The largest absolute Gasteiger partial charge is 0.461 e. The molecule has 0 spiro atoms. The molecule has 0 fully saturated rings. The van der Waals surface area contributed by atoms with Crippen LogP contribution in [-0.2, 0) is 16.1 Å². The van der Waals surface area contributed by atoms with Gasteiger partial charge in [-0.2, -0.15) is 0 Å². The summed E-state index contributed by atoms with van der Waals surface area (Å²) in [6, 6.07) is 9.51. The molecule has 1 aromatic rings. The third kappa shape index (κ3) is 4.19. The molecule has 94 valence electrons. The van der Waals surface area contributed by atoms with E-state index in [2.05, 4.69) is 0 Å². The van der Waals surface area contributed by atoms with Crippen LogP contribution >= 0.6 is 0 Å². The zero-order valence-electron chi connectivity index (χ0n) is 10.6. The lowest BCUT2D eigenvalue weighted by atomic mass is 9.95. The number of carbonyl (C=O) groups excluding carboxylic acids is 1. The van der Waals surface area contributed by atoms with Crippen molar-refractivity contribution in [2.24, 2.45) is 11.8 Å². The maximum atomic E-state index is 11.7. The zero-order valence-corrected chi connectivity index (χ0v) is 10.6. The van der Waals surface area contributed by atoms with E-state index in [1.54, 1.807) is 6.92 Å². The molecule has 0 aromatic heterocycles. The monoisotopic (exact) mass is 236 g/mol. The Morgan fingerprint density at radius 1 is 1.24 bits per heavy atom. The Hall–Kier alpha value is -1.35. The van der Waals surface area contributed by atoms with Crippen LogP contribution in [0.2, 0.25) is 0 Å².